The SMILES string of the molecule is CC(=CCN(Cc1ccccc1)C(C)C)C(=O)O. The van der Waals surface area contributed by atoms with Gasteiger partial charge in [-0.15, -0.1) is 0 Å². The van der Waals surface area contributed by atoms with Gasteiger partial charge in [-0.1, -0.05) is 36.4 Å². The fourth-order valence-electron chi connectivity index (χ4n) is 1.62. The van der Waals surface area contributed by atoms with Crippen LogP contribution in [0, 0.1) is 0 Å². The Balaban J connectivity index is 2.67. The fourth-order valence-corrected chi connectivity index (χ4v) is 1.62. The predicted octanol–water partition coefficient (Wildman–Crippen LogP) is 2.93. The van der Waals surface area contributed by atoms with Crippen LogP contribution < -0.4 is 0 Å². The Hall–Kier alpha value is -1.61. The van der Waals surface area contributed by atoms with E-state index in [1.54, 1.807) is 13.0 Å². The third-order valence-corrected chi connectivity index (χ3v) is 2.93. The van der Waals surface area contributed by atoms with Gasteiger partial charge in [0.05, 0.1) is 0 Å². The monoisotopic (exact) mass is 247 g/mol. The van der Waals surface area contributed by atoms with Crippen molar-refractivity contribution in [3.8, 4) is 0 Å². The van der Waals surface area contributed by atoms with E-state index < -0.39 is 5.97 Å². The molecule has 0 saturated heterocycles. The first kappa shape index (κ1) is 14.5. The number of hydrogen-bond acceptors (Lipinski definition) is 2. The number of carboxylic acids is 1. The zero-order valence-electron chi connectivity index (χ0n) is 11.3. The van der Waals surface area contributed by atoms with Crippen molar-refractivity contribution in [2.75, 3.05) is 6.54 Å². The standard InChI is InChI=1S/C15H21NO2/c1-12(2)16(10-9-13(3)15(17)18)11-14-7-5-4-6-8-14/h4-9,12H,10-11H2,1-3H3,(H,17,18). The van der Waals surface area contributed by atoms with Crippen LogP contribution in [-0.2, 0) is 11.3 Å². The molecular formula is C15H21NO2. The number of benzene rings is 1. The molecule has 0 unspecified atom stereocenters. The Labute approximate surface area is 109 Å². The summed E-state index contributed by atoms with van der Waals surface area (Å²) in [5.41, 5.74) is 1.64. The van der Waals surface area contributed by atoms with E-state index in [-0.39, 0.29) is 0 Å². The van der Waals surface area contributed by atoms with E-state index >= 15 is 0 Å². The molecule has 0 bridgehead atoms. The van der Waals surface area contributed by atoms with Gasteiger partial charge in [0.1, 0.15) is 0 Å². The molecule has 1 aromatic rings. The number of carbonyl (C=O) groups is 1. The van der Waals surface area contributed by atoms with E-state index in [1.165, 1.54) is 5.56 Å². The second-order valence-corrected chi connectivity index (χ2v) is 4.70. The molecule has 0 aliphatic rings. The molecule has 0 atom stereocenters. The summed E-state index contributed by atoms with van der Waals surface area (Å²) in [5, 5.41) is 8.84. The highest BCUT2D eigenvalue weighted by Gasteiger charge is 2.09. The number of hydrogen-bond donors (Lipinski definition) is 1. The van der Waals surface area contributed by atoms with Crippen LogP contribution in [0.4, 0.5) is 0 Å². The Kier molecular flexibility index (Phi) is 5.59. The normalized spacial score (nSPS) is 12.2. The second-order valence-electron chi connectivity index (χ2n) is 4.70. The van der Waals surface area contributed by atoms with Gasteiger partial charge < -0.3 is 5.11 Å². The Morgan fingerprint density at radius 1 is 1.33 bits per heavy atom. The van der Waals surface area contributed by atoms with Crippen molar-refractivity contribution in [1.29, 1.82) is 0 Å². The molecule has 0 saturated carbocycles. The van der Waals surface area contributed by atoms with E-state index in [4.69, 9.17) is 5.11 Å². The van der Waals surface area contributed by atoms with Crippen molar-refractivity contribution in [1.82, 2.24) is 4.90 Å². The summed E-state index contributed by atoms with van der Waals surface area (Å²) < 4.78 is 0. The average molecular weight is 247 g/mol. The third kappa shape index (κ3) is 4.72. The lowest BCUT2D eigenvalue weighted by Crippen LogP contribution is -2.30. The first-order chi connectivity index (χ1) is 8.50. The zero-order valence-corrected chi connectivity index (χ0v) is 11.3. The molecule has 0 aromatic heterocycles. The molecule has 0 spiro atoms. The van der Waals surface area contributed by atoms with Crippen LogP contribution in [0.2, 0.25) is 0 Å². The molecule has 1 N–H and O–H groups in total. The van der Waals surface area contributed by atoms with Crippen LogP contribution >= 0.6 is 0 Å². The van der Waals surface area contributed by atoms with Crippen molar-refractivity contribution in [3.05, 3.63) is 47.5 Å². The maximum atomic E-state index is 10.8. The quantitative estimate of drug-likeness (QED) is 0.786. The smallest absolute Gasteiger partial charge is 0.330 e. The van der Waals surface area contributed by atoms with Crippen LogP contribution in [0.5, 0.6) is 0 Å². The van der Waals surface area contributed by atoms with E-state index in [0.717, 1.165) is 6.54 Å². The molecule has 3 nitrogen and oxygen atoms in total. The lowest BCUT2D eigenvalue weighted by molar-refractivity contribution is -0.132. The summed E-state index contributed by atoms with van der Waals surface area (Å²) >= 11 is 0. The van der Waals surface area contributed by atoms with Crippen molar-refractivity contribution in [2.24, 2.45) is 0 Å². The minimum Gasteiger partial charge on any atom is -0.478 e. The first-order valence-electron chi connectivity index (χ1n) is 6.18. The molecule has 0 fully saturated rings. The molecule has 1 rings (SSSR count). The predicted molar refractivity (Wildman–Crippen MR) is 73.4 cm³/mol. The van der Waals surface area contributed by atoms with Gasteiger partial charge >= 0.3 is 5.97 Å². The highest BCUT2D eigenvalue weighted by molar-refractivity contribution is 5.85. The first-order valence-corrected chi connectivity index (χ1v) is 6.18. The van der Waals surface area contributed by atoms with Crippen LogP contribution in [0.15, 0.2) is 42.0 Å². The van der Waals surface area contributed by atoms with Crippen molar-refractivity contribution < 1.29 is 9.90 Å². The molecule has 18 heavy (non-hydrogen) atoms. The van der Waals surface area contributed by atoms with Crippen LogP contribution in [0.3, 0.4) is 0 Å². The maximum Gasteiger partial charge on any atom is 0.330 e. The van der Waals surface area contributed by atoms with Gasteiger partial charge in [-0.25, -0.2) is 4.79 Å². The Morgan fingerprint density at radius 2 is 1.94 bits per heavy atom. The minimum atomic E-state index is -0.849. The van der Waals surface area contributed by atoms with Crippen LogP contribution in [-0.4, -0.2) is 28.6 Å². The number of carboxylic acid groups (broad SMARTS) is 1. The van der Waals surface area contributed by atoms with Gasteiger partial charge in [0.15, 0.2) is 0 Å². The minimum absolute atomic E-state index is 0.378. The summed E-state index contributed by atoms with van der Waals surface area (Å²) in [4.78, 5) is 13.0. The van der Waals surface area contributed by atoms with Crippen molar-refractivity contribution in [3.63, 3.8) is 0 Å². The fraction of sp³-hybridized carbons (Fsp3) is 0.400. The van der Waals surface area contributed by atoms with E-state index in [1.807, 2.05) is 18.2 Å². The summed E-state index contributed by atoms with van der Waals surface area (Å²) in [6.07, 6.45) is 1.77. The largest absolute Gasteiger partial charge is 0.478 e. The lowest BCUT2D eigenvalue weighted by atomic mass is 10.2. The van der Waals surface area contributed by atoms with Crippen LogP contribution in [0.1, 0.15) is 26.3 Å². The topological polar surface area (TPSA) is 40.5 Å². The maximum absolute atomic E-state index is 10.8. The number of rotatable bonds is 6. The molecule has 0 aliphatic heterocycles. The average Bonchev–Trinajstić information content (AvgIpc) is 2.34. The highest BCUT2D eigenvalue weighted by atomic mass is 16.4. The summed E-state index contributed by atoms with van der Waals surface area (Å²) in [5.74, 6) is -0.849. The van der Waals surface area contributed by atoms with E-state index in [9.17, 15) is 4.79 Å². The molecular weight excluding hydrogens is 226 g/mol. The van der Waals surface area contributed by atoms with Gasteiger partial charge in [0.2, 0.25) is 0 Å². The molecule has 0 amide bonds. The third-order valence-electron chi connectivity index (χ3n) is 2.93. The van der Waals surface area contributed by atoms with Gasteiger partial charge in [-0.05, 0) is 26.3 Å². The van der Waals surface area contributed by atoms with Gasteiger partial charge in [-0.2, -0.15) is 0 Å². The summed E-state index contributed by atoms with van der Waals surface area (Å²) in [7, 11) is 0. The zero-order chi connectivity index (χ0) is 13.5. The molecule has 0 aliphatic carbocycles. The second kappa shape index (κ2) is 6.97. The molecule has 1 aromatic carbocycles. The van der Waals surface area contributed by atoms with Crippen molar-refractivity contribution >= 4 is 5.97 Å². The number of nitrogens with zero attached hydrogens (tertiary/aromatic N) is 1. The van der Waals surface area contributed by atoms with E-state index in [2.05, 4.69) is 30.9 Å². The Morgan fingerprint density at radius 3 is 2.44 bits per heavy atom. The lowest BCUT2D eigenvalue weighted by Gasteiger charge is -2.25. The number of aliphatic carboxylic acids is 1. The molecule has 98 valence electrons. The van der Waals surface area contributed by atoms with Gasteiger partial charge in [0, 0.05) is 24.7 Å². The van der Waals surface area contributed by atoms with Gasteiger partial charge in [-0.3, -0.25) is 4.90 Å². The Bertz CT molecular complexity index is 410. The molecule has 0 radical (unpaired) electrons. The van der Waals surface area contributed by atoms with Gasteiger partial charge in [0.25, 0.3) is 0 Å². The summed E-state index contributed by atoms with van der Waals surface area (Å²) in [6.45, 7) is 7.36. The van der Waals surface area contributed by atoms with E-state index in [0.29, 0.717) is 18.2 Å². The highest BCUT2D eigenvalue weighted by Crippen LogP contribution is 2.08. The molecule has 3 heteroatoms. The molecule has 0 heterocycles. The van der Waals surface area contributed by atoms with Crippen LogP contribution in [0.25, 0.3) is 0 Å². The van der Waals surface area contributed by atoms with Crippen molar-refractivity contribution in [2.45, 2.75) is 33.4 Å². The summed E-state index contributed by atoms with van der Waals surface area (Å²) in [6, 6.07) is 10.6.